The van der Waals surface area contributed by atoms with Gasteiger partial charge in [0.25, 0.3) is 0 Å². The number of nitrogens with two attached hydrogens (primary N) is 1. The molecule has 0 aliphatic carbocycles. The van der Waals surface area contributed by atoms with Gasteiger partial charge in [-0.25, -0.2) is 0 Å². The van der Waals surface area contributed by atoms with Gasteiger partial charge in [0.05, 0.1) is 0 Å². The molecule has 0 aromatic rings. The van der Waals surface area contributed by atoms with E-state index >= 15 is 0 Å². The molecule has 3 heteroatoms. The number of amides is 1. The van der Waals surface area contributed by atoms with Crippen LogP contribution in [0.4, 0.5) is 0 Å². The van der Waals surface area contributed by atoms with Gasteiger partial charge in [-0.1, -0.05) is 27.2 Å². The second kappa shape index (κ2) is 8.57. The highest BCUT2D eigenvalue weighted by Crippen LogP contribution is 2.22. The molecule has 0 aromatic heterocycles. The molecule has 1 unspecified atom stereocenters. The van der Waals surface area contributed by atoms with E-state index < -0.39 is 0 Å². The summed E-state index contributed by atoms with van der Waals surface area (Å²) in [6.45, 7) is 9.20. The Hall–Kier alpha value is -0.570. The summed E-state index contributed by atoms with van der Waals surface area (Å²) in [7, 11) is 0. The van der Waals surface area contributed by atoms with E-state index in [0.29, 0.717) is 30.7 Å². The fraction of sp³-hybridized carbons (Fsp3) is 0.938. The molecular formula is C16H32N2O. The smallest absolute Gasteiger partial charge is 0.222 e. The third-order valence-electron chi connectivity index (χ3n) is 4.38. The number of nitrogens with zero attached hydrogens (tertiary/aromatic N) is 1. The van der Waals surface area contributed by atoms with Gasteiger partial charge in [-0.2, -0.15) is 0 Å². The molecule has 112 valence electrons. The molecule has 1 amide bonds. The fourth-order valence-electron chi connectivity index (χ4n) is 3.13. The lowest BCUT2D eigenvalue weighted by Crippen LogP contribution is -2.34. The predicted octanol–water partition coefficient (Wildman–Crippen LogP) is 3.04. The summed E-state index contributed by atoms with van der Waals surface area (Å²) in [5, 5.41) is 0. The normalized spacial score (nSPS) is 22.4. The molecule has 19 heavy (non-hydrogen) atoms. The Morgan fingerprint density at radius 1 is 1.32 bits per heavy atom. The van der Waals surface area contributed by atoms with Crippen molar-refractivity contribution in [3.63, 3.8) is 0 Å². The van der Waals surface area contributed by atoms with E-state index in [0.717, 1.165) is 25.4 Å². The molecule has 1 saturated heterocycles. The van der Waals surface area contributed by atoms with Crippen LogP contribution >= 0.6 is 0 Å². The maximum atomic E-state index is 12.4. The molecule has 0 radical (unpaired) electrons. The molecular weight excluding hydrogens is 236 g/mol. The highest BCUT2D eigenvalue weighted by Gasteiger charge is 2.22. The Bertz CT molecular complexity index is 265. The van der Waals surface area contributed by atoms with Crippen LogP contribution in [0.1, 0.15) is 59.3 Å². The van der Waals surface area contributed by atoms with Crippen LogP contribution < -0.4 is 5.73 Å². The zero-order chi connectivity index (χ0) is 14.3. The van der Waals surface area contributed by atoms with E-state index in [-0.39, 0.29) is 0 Å². The molecule has 2 N–H and O–H groups in total. The number of hydrogen-bond acceptors (Lipinski definition) is 2. The lowest BCUT2D eigenvalue weighted by atomic mass is 9.93. The van der Waals surface area contributed by atoms with E-state index in [1.165, 1.54) is 25.7 Å². The number of hydrogen-bond donors (Lipinski definition) is 1. The molecule has 0 saturated carbocycles. The van der Waals surface area contributed by atoms with Crippen molar-refractivity contribution in [3.05, 3.63) is 0 Å². The number of carbonyl (C=O) groups is 1. The topological polar surface area (TPSA) is 46.3 Å². The Kier molecular flexibility index (Phi) is 7.44. The van der Waals surface area contributed by atoms with Crippen LogP contribution in [0.15, 0.2) is 0 Å². The largest absolute Gasteiger partial charge is 0.343 e. The van der Waals surface area contributed by atoms with Gasteiger partial charge >= 0.3 is 0 Å². The van der Waals surface area contributed by atoms with Gasteiger partial charge in [-0.15, -0.1) is 0 Å². The van der Waals surface area contributed by atoms with Crippen LogP contribution in [0.5, 0.6) is 0 Å². The first-order valence-corrected chi connectivity index (χ1v) is 8.04. The van der Waals surface area contributed by atoms with Gasteiger partial charge in [0.15, 0.2) is 0 Å². The van der Waals surface area contributed by atoms with Crippen LogP contribution in [0, 0.1) is 17.8 Å². The minimum atomic E-state index is 0.327. The molecule has 1 rings (SSSR count). The van der Waals surface area contributed by atoms with Crippen LogP contribution in [0.25, 0.3) is 0 Å². The zero-order valence-electron chi connectivity index (χ0n) is 13.0. The first-order chi connectivity index (χ1) is 9.06. The van der Waals surface area contributed by atoms with E-state index in [1.807, 2.05) is 0 Å². The molecule has 0 spiro atoms. The summed E-state index contributed by atoms with van der Waals surface area (Å²) in [4.78, 5) is 14.4. The van der Waals surface area contributed by atoms with Gasteiger partial charge in [0.2, 0.25) is 5.91 Å². The Morgan fingerprint density at radius 2 is 2.05 bits per heavy atom. The van der Waals surface area contributed by atoms with Crippen molar-refractivity contribution in [1.82, 2.24) is 4.90 Å². The van der Waals surface area contributed by atoms with Crippen LogP contribution in [0.2, 0.25) is 0 Å². The molecule has 1 fully saturated rings. The van der Waals surface area contributed by atoms with E-state index in [1.54, 1.807) is 0 Å². The van der Waals surface area contributed by atoms with Crippen molar-refractivity contribution in [1.29, 1.82) is 0 Å². The van der Waals surface area contributed by atoms with Crippen molar-refractivity contribution >= 4 is 5.91 Å². The highest BCUT2D eigenvalue weighted by molar-refractivity contribution is 5.76. The van der Waals surface area contributed by atoms with E-state index in [2.05, 4.69) is 25.7 Å². The number of likely N-dealkylation sites (tertiary alicyclic amines) is 1. The standard InChI is InChI=1S/C16H32N2O/c1-4-14-6-5-8-18(9-7-14)16(19)11-15(12-17)10-13(2)3/h13-15H,4-12,17H2,1-3H3/t14?,15-/m0/s1. The summed E-state index contributed by atoms with van der Waals surface area (Å²) >= 11 is 0. The average Bonchev–Trinajstić information content (AvgIpc) is 2.62. The molecule has 1 heterocycles. The highest BCUT2D eigenvalue weighted by atomic mass is 16.2. The van der Waals surface area contributed by atoms with Crippen LogP contribution in [-0.4, -0.2) is 30.4 Å². The second-order valence-electron chi connectivity index (χ2n) is 6.52. The van der Waals surface area contributed by atoms with Gasteiger partial charge in [0.1, 0.15) is 0 Å². The molecule has 3 nitrogen and oxygen atoms in total. The summed E-state index contributed by atoms with van der Waals surface area (Å²) in [6, 6.07) is 0. The first kappa shape index (κ1) is 16.5. The van der Waals surface area contributed by atoms with Crippen molar-refractivity contribution in [2.24, 2.45) is 23.5 Å². The summed E-state index contributed by atoms with van der Waals surface area (Å²) in [5.74, 6) is 2.12. The lowest BCUT2D eigenvalue weighted by molar-refractivity contribution is -0.132. The Labute approximate surface area is 118 Å². The quantitative estimate of drug-likeness (QED) is 0.805. The minimum Gasteiger partial charge on any atom is -0.343 e. The number of rotatable bonds is 6. The third kappa shape index (κ3) is 5.94. The Balaban J connectivity index is 2.43. The van der Waals surface area contributed by atoms with Crippen molar-refractivity contribution in [2.45, 2.75) is 59.3 Å². The fourth-order valence-corrected chi connectivity index (χ4v) is 3.13. The predicted molar refractivity (Wildman–Crippen MR) is 80.8 cm³/mol. The minimum absolute atomic E-state index is 0.327. The zero-order valence-corrected chi connectivity index (χ0v) is 13.0. The molecule has 2 atom stereocenters. The van der Waals surface area contributed by atoms with E-state index in [4.69, 9.17) is 5.73 Å². The SMILES string of the molecule is CCC1CCCN(C(=O)C[C@@H](CN)CC(C)C)CC1. The van der Waals surface area contributed by atoms with Gasteiger partial charge in [0, 0.05) is 19.5 Å². The van der Waals surface area contributed by atoms with Gasteiger partial charge in [-0.3, -0.25) is 4.79 Å². The molecule has 0 bridgehead atoms. The van der Waals surface area contributed by atoms with Crippen LogP contribution in [-0.2, 0) is 4.79 Å². The van der Waals surface area contributed by atoms with Crippen LogP contribution in [0.3, 0.4) is 0 Å². The van der Waals surface area contributed by atoms with Crippen molar-refractivity contribution in [3.8, 4) is 0 Å². The van der Waals surface area contributed by atoms with Crippen molar-refractivity contribution in [2.75, 3.05) is 19.6 Å². The molecule has 1 aliphatic rings. The van der Waals surface area contributed by atoms with Gasteiger partial charge < -0.3 is 10.6 Å². The van der Waals surface area contributed by atoms with Crippen molar-refractivity contribution < 1.29 is 4.79 Å². The summed E-state index contributed by atoms with van der Waals surface area (Å²) < 4.78 is 0. The third-order valence-corrected chi connectivity index (χ3v) is 4.38. The summed E-state index contributed by atoms with van der Waals surface area (Å²) in [5.41, 5.74) is 5.80. The number of carbonyl (C=O) groups excluding carboxylic acids is 1. The van der Waals surface area contributed by atoms with E-state index in [9.17, 15) is 4.79 Å². The monoisotopic (exact) mass is 268 g/mol. The first-order valence-electron chi connectivity index (χ1n) is 8.04. The molecule has 0 aromatic carbocycles. The molecule has 1 aliphatic heterocycles. The average molecular weight is 268 g/mol. The Morgan fingerprint density at radius 3 is 2.63 bits per heavy atom. The lowest BCUT2D eigenvalue weighted by Gasteiger charge is -2.24. The summed E-state index contributed by atoms with van der Waals surface area (Å²) in [6.07, 6.45) is 6.59. The second-order valence-corrected chi connectivity index (χ2v) is 6.52. The maximum Gasteiger partial charge on any atom is 0.222 e. The maximum absolute atomic E-state index is 12.4. The van der Waals surface area contributed by atoms with Gasteiger partial charge in [-0.05, 0) is 50.0 Å².